The van der Waals surface area contributed by atoms with Crippen molar-refractivity contribution >= 4 is 11.7 Å². The highest BCUT2D eigenvalue weighted by atomic mass is 16.5. The molecule has 2 aliphatic heterocycles. The summed E-state index contributed by atoms with van der Waals surface area (Å²) in [7, 11) is 0. The van der Waals surface area contributed by atoms with Crippen LogP contribution in [0, 0.1) is 13.8 Å². The summed E-state index contributed by atoms with van der Waals surface area (Å²) in [5, 5.41) is 6.08. The van der Waals surface area contributed by atoms with E-state index >= 15 is 0 Å². The molecule has 1 saturated heterocycles. The minimum absolute atomic E-state index is 0.0985. The first-order chi connectivity index (χ1) is 12.9. The number of carbonyl (C=O) groups is 2. The molecule has 3 heterocycles. The quantitative estimate of drug-likeness (QED) is 0.833. The van der Waals surface area contributed by atoms with Gasteiger partial charge in [0.1, 0.15) is 17.0 Å². The number of benzene rings is 1. The van der Waals surface area contributed by atoms with Gasteiger partial charge < -0.3 is 9.64 Å². The predicted octanol–water partition coefficient (Wildman–Crippen LogP) is 2.03. The van der Waals surface area contributed by atoms with E-state index in [2.05, 4.69) is 10.2 Å². The van der Waals surface area contributed by atoms with Gasteiger partial charge >= 0.3 is 0 Å². The Bertz CT molecular complexity index is 967. The lowest BCUT2D eigenvalue weighted by molar-refractivity contribution is -0.00591. The number of ether oxygens (including phenoxy) is 1. The van der Waals surface area contributed by atoms with Crippen LogP contribution in [0.25, 0.3) is 0 Å². The van der Waals surface area contributed by atoms with Gasteiger partial charge in [-0.2, -0.15) is 5.10 Å². The molecule has 7 heteroatoms. The molecular weight excluding hydrogens is 346 g/mol. The third kappa shape index (κ3) is 3.13. The van der Waals surface area contributed by atoms with Gasteiger partial charge in [0, 0.05) is 32.0 Å². The number of piperidine rings is 1. The van der Waals surface area contributed by atoms with Crippen LogP contribution in [0.3, 0.4) is 0 Å². The number of nitrogens with one attached hydrogen (secondary N) is 1. The zero-order valence-corrected chi connectivity index (χ0v) is 15.4. The molecule has 2 aromatic rings. The summed E-state index contributed by atoms with van der Waals surface area (Å²) in [6.07, 6.45) is 1.50. The second kappa shape index (κ2) is 6.33. The second-order valence-electron chi connectivity index (χ2n) is 7.42. The number of amides is 1. The van der Waals surface area contributed by atoms with E-state index in [-0.39, 0.29) is 22.9 Å². The Balaban J connectivity index is 1.51. The van der Waals surface area contributed by atoms with Crippen molar-refractivity contribution in [2.45, 2.75) is 38.7 Å². The van der Waals surface area contributed by atoms with E-state index in [0.29, 0.717) is 43.7 Å². The fourth-order valence-corrected chi connectivity index (χ4v) is 3.77. The third-order valence-electron chi connectivity index (χ3n) is 5.57. The Kier molecular flexibility index (Phi) is 4.09. The van der Waals surface area contributed by atoms with Gasteiger partial charge in [0.25, 0.3) is 11.5 Å². The highest BCUT2D eigenvalue weighted by Crippen LogP contribution is 2.40. The van der Waals surface area contributed by atoms with Crippen molar-refractivity contribution in [3.63, 3.8) is 0 Å². The van der Waals surface area contributed by atoms with E-state index in [0.717, 1.165) is 11.1 Å². The number of aromatic nitrogens is 2. The van der Waals surface area contributed by atoms with Crippen LogP contribution in [0.2, 0.25) is 0 Å². The Morgan fingerprint density at radius 2 is 1.85 bits per heavy atom. The molecule has 1 aromatic heterocycles. The first-order valence-electron chi connectivity index (χ1n) is 9.05. The minimum Gasteiger partial charge on any atom is -0.486 e. The largest absolute Gasteiger partial charge is 0.486 e. The molecule has 1 spiro atoms. The fourth-order valence-electron chi connectivity index (χ4n) is 3.77. The molecule has 0 radical (unpaired) electrons. The molecule has 27 heavy (non-hydrogen) atoms. The van der Waals surface area contributed by atoms with E-state index in [1.54, 1.807) is 4.90 Å². The average molecular weight is 367 g/mol. The van der Waals surface area contributed by atoms with Crippen molar-refractivity contribution in [2.24, 2.45) is 0 Å². The number of nitrogens with zero attached hydrogens (tertiary/aromatic N) is 2. The van der Waals surface area contributed by atoms with Crippen molar-refractivity contribution in [2.75, 3.05) is 13.1 Å². The lowest BCUT2D eigenvalue weighted by atomic mass is 9.82. The molecule has 0 saturated carbocycles. The minimum atomic E-state index is -0.555. The SMILES string of the molecule is Cc1cc2c(cc1C)C(=O)CC1(CCN(C(=O)c3ccc(=O)[nH]n3)CC1)O2. The van der Waals surface area contributed by atoms with Crippen molar-refractivity contribution in [1.29, 1.82) is 0 Å². The Hall–Kier alpha value is -2.96. The summed E-state index contributed by atoms with van der Waals surface area (Å²) >= 11 is 0. The number of aryl methyl sites for hydroxylation is 2. The second-order valence-corrected chi connectivity index (χ2v) is 7.42. The van der Waals surface area contributed by atoms with Crippen LogP contribution in [0.4, 0.5) is 0 Å². The predicted molar refractivity (Wildman–Crippen MR) is 98.2 cm³/mol. The van der Waals surface area contributed by atoms with Crippen LogP contribution >= 0.6 is 0 Å². The van der Waals surface area contributed by atoms with Crippen molar-refractivity contribution < 1.29 is 14.3 Å². The zero-order chi connectivity index (χ0) is 19.2. The van der Waals surface area contributed by atoms with E-state index in [9.17, 15) is 14.4 Å². The third-order valence-corrected chi connectivity index (χ3v) is 5.57. The number of ketones is 1. The topological polar surface area (TPSA) is 92.4 Å². The molecule has 0 aliphatic carbocycles. The number of hydrogen-bond donors (Lipinski definition) is 1. The van der Waals surface area contributed by atoms with Crippen LogP contribution in [0.5, 0.6) is 5.75 Å². The highest BCUT2D eigenvalue weighted by Gasteiger charge is 2.44. The Morgan fingerprint density at radius 3 is 2.52 bits per heavy atom. The number of H-pyrrole nitrogens is 1. The number of likely N-dealkylation sites (tertiary alicyclic amines) is 1. The van der Waals surface area contributed by atoms with E-state index < -0.39 is 5.60 Å². The van der Waals surface area contributed by atoms with Crippen LogP contribution in [0.1, 0.15) is 51.2 Å². The van der Waals surface area contributed by atoms with Gasteiger partial charge in [-0.05, 0) is 43.2 Å². The van der Waals surface area contributed by atoms with E-state index in [1.807, 2.05) is 26.0 Å². The average Bonchev–Trinajstić information content (AvgIpc) is 2.64. The molecule has 0 bridgehead atoms. The summed E-state index contributed by atoms with van der Waals surface area (Å²) in [6.45, 7) is 4.95. The van der Waals surface area contributed by atoms with Crippen molar-refractivity contribution in [3.8, 4) is 5.75 Å². The summed E-state index contributed by atoms with van der Waals surface area (Å²) in [6, 6.07) is 6.55. The van der Waals surface area contributed by atoms with E-state index in [1.165, 1.54) is 12.1 Å². The van der Waals surface area contributed by atoms with Gasteiger partial charge in [0.15, 0.2) is 5.78 Å². The normalized spacial score (nSPS) is 18.1. The number of carbonyl (C=O) groups excluding carboxylic acids is 2. The number of hydrogen-bond acceptors (Lipinski definition) is 5. The molecule has 7 nitrogen and oxygen atoms in total. The Labute approximate surface area is 156 Å². The zero-order valence-electron chi connectivity index (χ0n) is 15.4. The summed E-state index contributed by atoms with van der Waals surface area (Å²) in [5.41, 5.74) is 2.14. The number of rotatable bonds is 1. The molecule has 1 aromatic carbocycles. The smallest absolute Gasteiger partial charge is 0.274 e. The highest BCUT2D eigenvalue weighted by molar-refractivity contribution is 6.00. The molecule has 0 unspecified atom stereocenters. The molecule has 140 valence electrons. The van der Waals surface area contributed by atoms with Crippen LogP contribution in [-0.2, 0) is 0 Å². The number of aromatic amines is 1. The van der Waals surface area contributed by atoms with Crippen LogP contribution in [0.15, 0.2) is 29.1 Å². The molecule has 4 rings (SSSR count). The van der Waals surface area contributed by atoms with Gasteiger partial charge in [0.2, 0.25) is 0 Å². The van der Waals surface area contributed by atoms with Gasteiger partial charge in [-0.1, -0.05) is 0 Å². The van der Waals surface area contributed by atoms with Crippen molar-refractivity contribution in [3.05, 3.63) is 57.0 Å². The maximum Gasteiger partial charge on any atom is 0.274 e. The van der Waals surface area contributed by atoms with Crippen LogP contribution in [-0.4, -0.2) is 45.5 Å². The number of fused-ring (bicyclic) bond motifs is 1. The van der Waals surface area contributed by atoms with Gasteiger partial charge in [-0.3, -0.25) is 14.4 Å². The number of Topliss-reactive ketones (excluding diaryl/α,β-unsaturated/α-hetero) is 1. The monoisotopic (exact) mass is 367 g/mol. The molecule has 1 N–H and O–H groups in total. The van der Waals surface area contributed by atoms with Gasteiger partial charge in [-0.15, -0.1) is 0 Å². The Morgan fingerprint density at radius 1 is 1.15 bits per heavy atom. The van der Waals surface area contributed by atoms with Crippen LogP contribution < -0.4 is 10.3 Å². The fraction of sp³-hybridized carbons (Fsp3) is 0.400. The lowest BCUT2D eigenvalue weighted by Gasteiger charge is -2.44. The first-order valence-corrected chi connectivity index (χ1v) is 9.05. The standard InChI is InChI=1S/C20H21N3O4/c1-12-9-14-16(24)11-20(27-17(14)10-13(12)2)5-7-23(8-6-20)19(26)15-3-4-18(25)22-21-15/h3-4,9-10H,5-8,11H2,1-2H3,(H,22,25). The summed E-state index contributed by atoms with van der Waals surface area (Å²) in [5.74, 6) is 0.521. The maximum atomic E-state index is 12.7. The molecule has 2 aliphatic rings. The molecule has 1 amide bonds. The van der Waals surface area contributed by atoms with E-state index in [4.69, 9.17) is 4.74 Å². The molecule has 0 atom stereocenters. The van der Waals surface area contributed by atoms with Crippen molar-refractivity contribution in [1.82, 2.24) is 15.1 Å². The first kappa shape index (κ1) is 17.5. The lowest BCUT2D eigenvalue weighted by Crippen LogP contribution is -2.52. The van der Waals surface area contributed by atoms with Gasteiger partial charge in [0.05, 0.1) is 12.0 Å². The molecule has 1 fully saturated rings. The molecular formula is C20H21N3O4. The summed E-state index contributed by atoms with van der Waals surface area (Å²) < 4.78 is 6.29. The summed E-state index contributed by atoms with van der Waals surface area (Å²) in [4.78, 5) is 38.0. The maximum absolute atomic E-state index is 12.7. The van der Waals surface area contributed by atoms with Gasteiger partial charge in [-0.25, -0.2) is 5.10 Å².